The molecule has 1 fully saturated rings. The number of aryl methyl sites for hydroxylation is 1. The molecule has 158 valence electrons. The number of hydrogen-bond donors (Lipinski definition) is 1. The van der Waals surface area contributed by atoms with Crippen molar-refractivity contribution in [3.8, 4) is 11.1 Å². The third-order valence-electron chi connectivity index (χ3n) is 5.63. The first kappa shape index (κ1) is 20.7. The Kier molecular flexibility index (Phi) is 6.27. The normalized spacial score (nSPS) is 14.5. The van der Waals surface area contributed by atoms with Crippen LogP contribution in [-0.2, 0) is 18.4 Å². The minimum Gasteiger partial charge on any atom is -0.353 e. The second-order valence-electron chi connectivity index (χ2n) is 7.91. The molecular weight excluding hydrogens is 396 g/mol. The first-order valence-corrected chi connectivity index (χ1v) is 11.6. The Morgan fingerprint density at radius 2 is 1.97 bits per heavy atom. The van der Waals surface area contributed by atoms with Crippen LogP contribution in [0, 0.1) is 0 Å². The van der Waals surface area contributed by atoms with Gasteiger partial charge in [-0.1, -0.05) is 61.9 Å². The number of nitrogens with one attached hydrogen (secondary N) is 1. The van der Waals surface area contributed by atoms with Gasteiger partial charge in [0.25, 0.3) is 5.56 Å². The van der Waals surface area contributed by atoms with E-state index in [2.05, 4.69) is 5.32 Å². The quantitative estimate of drug-likeness (QED) is 0.460. The molecule has 0 radical (unpaired) electrons. The Morgan fingerprint density at radius 3 is 2.67 bits per heavy atom. The maximum absolute atomic E-state index is 13.3. The van der Waals surface area contributed by atoms with Gasteiger partial charge in [0.15, 0.2) is 5.16 Å². The molecule has 0 atom stereocenters. The summed E-state index contributed by atoms with van der Waals surface area (Å²) in [5.41, 5.74) is 3.20. The first-order valence-electron chi connectivity index (χ1n) is 10.7. The Labute approximate surface area is 180 Å². The van der Waals surface area contributed by atoms with Gasteiger partial charge in [-0.15, -0.1) is 0 Å². The maximum atomic E-state index is 13.3. The predicted molar refractivity (Wildman–Crippen MR) is 122 cm³/mol. The van der Waals surface area contributed by atoms with Gasteiger partial charge in [-0.2, -0.15) is 0 Å². The van der Waals surface area contributed by atoms with Crippen molar-refractivity contribution in [1.29, 1.82) is 0 Å². The minimum atomic E-state index is -0.0507. The lowest BCUT2D eigenvalue weighted by molar-refractivity contribution is -0.119. The van der Waals surface area contributed by atoms with Gasteiger partial charge in [-0.05, 0) is 24.8 Å². The monoisotopic (exact) mass is 424 g/mol. The van der Waals surface area contributed by atoms with Crippen LogP contribution in [-0.4, -0.2) is 31.8 Å². The molecule has 0 spiro atoms. The van der Waals surface area contributed by atoms with Gasteiger partial charge in [-0.3, -0.25) is 14.2 Å². The van der Waals surface area contributed by atoms with Gasteiger partial charge in [0.2, 0.25) is 5.91 Å². The third-order valence-corrected chi connectivity index (χ3v) is 6.60. The van der Waals surface area contributed by atoms with Crippen LogP contribution in [0.2, 0.25) is 0 Å². The molecule has 2 heterocycles. The van der Waals surface area contributed by atoms with Crippen molar-refractivity contribution in [2.75, 3.05) is 5.75 Å². The zero-order valence-corrected chi connectivity index (χ0v) is 18.4. The standard InChI is InChI=1S/C23H28N4O2S/c1-3-13-27-22(29)21-20(18(14-26(21)2)16-9-5-4-6-10-16)25-23(27)30-15-19(28)24-17-11-7-8-12-17/h4-6,9-10,14,17H,3,7-8,11-13,15H2,1-2H3,(H,24,28). The van der Waals surface area contributed by atoms with Crippen molar-refractivity contribution in [3.05, 3.63) is 46.9 Å². The van der Waals surface area contributed by atoms with Crippen LogP contribution < -0.4 is 10.9 Å². The van der Waals surface area contributed by atoms with Crippen LogP contribution in [0.25, 0.3) is 22.2 Å². The highest BCUT2D eigenvalue weighted by atomic mass is 32.2. The van der Waals surface area contributed by atoms with Crippen molar-refractivity contribution >= 4 is 28.7 Å². The molecule has 0 aliphatic heterocycles. The molecular formula is C23H28N4O2S. The van der Waals surface area contributed by atoms with Gasteiger partial charge in [0.05, 0.1) is 5.75 Å². The second kappa shape index (κ2) is 9.08. The molecule has 0 unspecified atom stereocenters. The highest BCUT2D eigenvalue weighted by molar-refractivity contribution is 7.99. The summed E-state index contributed by atoms with van der Waals surface area (Å²) in [6, 6.07) is 10.3. The van der Waals surface area contributed by atoms with E-state index in [4.69, 9.17) is 4.98 Å². The van der Waals surface area contributed by atoms with E-state index in [0.29, 0.717) is 28.8 Å². The summed E-state index contributed by atoms with van der Waals surface area (Å²) in [6.07, 6.45) is 7.28. The van der Waals surface area contributed by atoms with E-state index < -0.39 is 0 Å². The molecule has 1 aliphatic carbocycles. The summed E-state index contributed by atoms with van der Waals surface area (Å²) in [5, 5.41) is 3.73. The average molecular weight is 425 g/mol. The van der Waals surface area contributed by atoms with E-state index >= 15 is 0 Å². The summed E-state index contributed by atoms with van der Waals surface area (Å²) in [5.74, 6) is 0.284. The number of thioether (sulfide) groups is 1. The van der Waals surface area contributed by atoms with Crippen molar-refractivity contribution in [1.82, 2.24) is 19.4 Å². The summed E-state index contributed by atoms with van der Waals surface area (Å²) in [6.45, 7) is 2.62. The fraction of sp³-hybridized carbons (Fsp3) is 0.435. The van der Waals surface area contributed by atoms with Gasteiger partial charge < -0.3 is 9.88 Å². The summed E-state index contributed by atoms with van der Waals surface area (Å²) >= 11 is 1.35. The number of amides is 1. The molecule has 1 amide bonds. The Hall–Kier alpha value is -2.54. The molecule has 1 N–H and O–H groups in total. The van der Waals surface area contributed by atoms with Gasteiger partial charge in [0, 0.05) is 31.4 Å². The van der Waals surface area contributed by atoms with E-state index in [9.17, 15) is 9.59 Å². The summed E-state index contributed by atoms with van der Waals surface area (Å²) < 4.78 is 3.57. The molecule has 0 saturated heterocycles. The molecule has 1 aliphatic rings. The molecule has 2 aromatic heterocycles. The van der Waals surface area contributed by atoms with E-state index in [1.807, 2.05) is 55.1 Å². The van der Waals surface area contributed by atoms with E-state index in [-0.39, 0.29) is 17.2 Å². The molecule has 1 aromatic carbocycles. The summed E-state index contributed by atoms with van der Waals surface area (Å²) in [4.78, 5) is 30.6. The van der Waals surface area contributed by atoms with E-state index in [1.165, 1.54) is 24.6 Å². The van der Waals surface area contributed by atoms with Crippen molar-refractivity contribution in [3.63, 3.8) is 0 Å². The molecule has 1 saturated carbocycles. The lowest BCUT2D eigenvalue weighted by Gasteiger charge is -2.14. The van der Waals surface area contributed by atoms with Gasteiger partial charge in [0.1, 0.15) is 11.0 Å². The van der Waals surface area contributed by atoms with Crippen LogP contribution in [0.3, 0.4) is 0 Å². The number of aromatic nitrogens is 3. The van der Waals surface area contributed by atoms with E-state index in [0.717, 1.165) is 30.4 Å². The van der Waals surface area contributed by atoms with Crippen molar-refractivity contribution in [2.24, 2.45) is 7.05 Å². The Morgan fingerprint density at radius 1 is 1.23 bits per heavy atom. The van der Waals surface area contributed by atoms with Crippen LogP contribution in [0.5, 0.6) is 0 Å². The van der Waals surface area contributed by atoms with Crippen molar-refractivity contribution in [2.45, 2.75) is 56.8 Å². The van der Waals surface area contributed by atoms with Crippen LogP contribution >= 0.6 is 11.8 Å². The number of benzene rings is 1. The number of nitrogens with zero attached hydrogens (tertiary/aromatic N) is 3. The number of fused-ring (bicyclic) bond motifs is 1. The third kappa shape index (κ3) is 4.17. The summed E-state index contributed by atoms with van der Waals surface area (Å²) in [7, 11) is 1.88. The largest absolute Gasteiger partial charge is 0.353 e. The number of hydrogen-bond acceptors (Lipinski definition) is 4. The molecule has 0 bridgehead atoms. The number of carbonyl (C=O) groups is 1. The molecule has 30 heavy (non-hydrogen) atoms. The zero-order chi connectivity index (χ0) is 21.1. The van der Waals surface area contributed by atoms with Gasteiger partial charge >= 0.3 is 0 Å². The Bertz CT molecular complexity index is 1100. The SMILES string of the molecule is CCCn1c(SCC(=O)NC2CCCC2)nc2c(-c3ccccc3)cn(C)c2c1=O. The lowest BCUT2D eigenvalue weighted by atomic mass is 10.1. The van der Waals surface area contributed by atoms with Crippen LogP contribution in [0.1, 0.15) is 39.0 Å². The molecule has 3 aromatic rings. The first-order chi connectivity index (χ1) is 14.6. The highest BCUT2D eigenvalue weighted by Gasteiger charge is 2.20. The van der Waals surface area contributed by atoms with Crippen LogP contribution in [0.15, 0.2) is 46.5 Å². The topological polar surface area (TPSA) is 68.9 Å². The fourth-order valence-electron chi connectivity index (χ4n) is 4.18. The zero-order valence-electron chi connectivity index (χ0n) is 17.6. The predicted octanol–water partition coefficient (Wildman–Crippen LogP) is 3.96. The smallest absolute Gasteiger partial charge is 0.278 e. The maximum Gasteiger partial charge on any atom is 0.278 e. The molecule has 7 heteroatoms. The Balaban J connectivity index is 1.69. The minimum absolute atomic E-state index is 0.0145. The number of carbonyl (C=O) groups excluding carboxylic acids is 1. The van der Waals surface area contributed by atoms with E-state index in [1.54, 1.807) is 4.57 Å². The lowest BCUT2D eigenvalue weighted by Crippen LogP contribution is -2.34. The van der Waals surface area contributed by atoms with Crippen LogP contribution in [0.4, 0.5) is 0 Å². The average Bonchev–Trinajstić information content (AvgIpc) is 3.37. The van der Waals surface area contributed by atoms with Gasteiger partial charge in [-0.25, -0.2) is 4.98 Å². The second-order valence-corrected chi connectivity index (χ2v) is 8.85. The molecule has 4 rings (SSSR count). The number of rotatable bonds is 7. The fourth-order valence-corrected chi connectivity index (χ4v) is 5.01. The highest BCUT2D eigenvalue weighted by Crippen LogP contribution is 2.29. The molecule has 6 nitrogen and oxygen atoms in total. The van der Waals surface area contributed by atoms with Crippen molar-refractivity contribution < 1.29 is 4.79 Å².